The predicted molar refractivity (Wildman–Crippen MR) is 68.5 cm³/mol. The van der Waals surface area contributed by atoms with Crippen LogP contribution in [-0.2, 0) is 7.05 Å². The summed E-state index contributed by atoms with van der Waals surface area (Å²) in [6.07, 6.45) is 3.36. The molecule has 0 radical (unpaired) electrons. The molecule has 0 saturated heterocycles. The van der Waals surface area contributed by atoms with Gasteiger partial charge in [0.15, 0.2) is 5.82 Å². The first-order valence-corrected chi connectivity index (χ1v) is 6.14. The van der Waals surface area contributed by atoms with Gasteiger partial charge < -0.3 is 4.57 Å². The Labute approximate surface area is 110 Å². The maximum absolute atomic E-state index is 12.1. The van der Waals surface area contributed by atoms with E-state index in [0.29, 0.717) is 11.4 Å². The number of rotatable bonds is 2. The molecule has 1 heterocycles. The van der Waals surface area contributed by atoms with Crippen molar-refractivity contribution in [3.8, 4) is 0 Å². The minimum atomic E-state index is -0.0884. The van der Waals surface area contributed by atoms with Gasteiger partial charge in [0.2, 0.25) is 5.78 Å². The van der Waals surface area contributed by atoms with E-state index >= 15 is 0 Å². The van der Waals surface area contributed by atoms with E-state index in [1.807, 2.05) is 6.07 Å². The highest BCUT2D eigenvalue weighted by molar-refractivity contribution is 9.11. The summed E-state index contributed by atoms with van der Waals surface area (Å²) in [6, 6.07) is 5.44. The number of hydrogen-bond donors (Lipinski definition) is 0. The molecule has 16 heavy (non-hydrogen) atoms. The van der Waals surface area contributed by atoms with Crippen LogP contribution in [0.25, 0.3) is 0 Å². The van der Waals surface area contributed by atoms with E-state index in [4.69, 9.17) is 0 Å². The number of carbonyl (C=O) groups excluding carboxylic acids is 1. The minimum Gasteiger partial charge on any atom is -0.331 e. The lowest BCUT2D eigenvalue weighted by atomic mass is 10.1. The Morgan fingerprint density at radius 3 is 2.38 bits per heavy atom. The highest BCUT2D eigenvalue weighted by atomic mass is 79.9. The van der Waals surface area contributed by atoms with Crippen molar-refractivity contribution < 1.29 is 4.79 Å². The van der Waals surface area contributed by atoms with Gasteiger partial charge in [-0.05, 0) is 18.2 Å². The highest BCUT2D eigenvalue weighted by Gasteiger charge is 2.14. The molecule has 5 heteroatoms. The van der Waals surface area contributed by atoms with Gasteiger partial charge in [-0.3, -0.25) is 4.79 Å². The van der Waals surface area contributed by atoms with E-state index in [9.17, 15) is 4.79 Å². The number of aryl methyl sites for hydroxylation is 1. The second kappa shape index (κ2) is 4.51. The van der Waals surface area contributed by atoms with E-state index in [0.717, 1.165) is 8.95 Å². The van der Waals surface area contributed by atoms with Gasteiger partial charge in [-0.25, -0.2) is 4.98 Å². The third-order valence-electron chi connectivity index (χ3n) is 2.15. The van der Waals surface area contributed by atoms with Crippen molar-refractivity contribution in [1.29, 1.82) is 0 Å². The molecule has 0 fully saturated rings. The lowest BCUT2D eigenvalue weighted by Crippen LogP contribution is -2.08. The van der Waals surface area contributed by atoms with E-state index in [-0.39, 0.29) is 5.78 Å². The molecule has 82 valence electrons. The monoisotopic (exact) mass is 342 g/mol. The Balaban J connectivity index is 2.45. The Morgan fingerprint density at radius 2 is 1.88 bits per heavy atom. The van der Waals surface area contributed by atoms with Crippen LogP contribution in [0.2, 0.25) is 0 Å². The number of imidazole rings is 1. The topological polar surface area (TPSA) is 34.9 Å². The minimum absolute atomic E-state index is 0.0884. The van der Waals surface area contributed by atoms with Crippen molar-refractivity contribution in [3.63, 3.8) is 0 Å². The summed E-state index contributed by atoms with van der Waals surface area (Å²) < 4.78 is 3.43. The molecular formula is C11H8Br2N2O. The maximum Gasteiger partial charge on any atom is 0.228 e. The van der Waals surface area contributed by atoms with Gasteiger partial charge in [0.25, 0.3) is 0 Å². The zero-order valence-corrected chi connectivity index (χ0v) is 11.6. The quantitative estimate of drug-likeness (QED) is 0.785. The number of halogens is 2. The smallest absolute Gasteiger partial charge is 0.228 e. The van der Waals surface area contributed by atoms with E-state index < -0.39 is 0 Å². The second-order valence-electron chi connectivity index (χ2n) is 3.35. The molecule has 2 rings (SSSR count). The van der Waals surface area contributed by atoms with Crippen LogP contribution >= 0.6 is 31.9 Å². The molecule has 1 aromatic carbocycles. The Kier molecular flexibility index (Phi) is 3.25. The van der Waals surface area contributed by atoms with Crippen molar-refractivity contribution in [3.05, 3.63) is 50.9 Å². The number of nitrogens with zero attached hydrogens (tertiary/aromatic N) is 2. The summed E-state index contributed by atoms with van der Waals surface area (Å²) in [4.78, 5) is 16.1. The number of benzene rings is 1. The summed E-state index contributed by atoms with van der Waals surface area (Å²) in [7, 11) is 1.80. The van der Waals surface area contributed by atoms with Gasteiger partial charge in [-0.1, -0.05) is 31.9 Å². The Hall–Kier alpha value is -0.940. The molecule has 2 aromatic rings. The van der Waals surface area contributed by atoms with Gasteiger partial charge in [0.05, 0.1) is 0 Å². The zero-order valence-electron chi connectivity index (χ0n) is 8.45. The Morgan fingerprint density at radius 1 is 1.25 bits per heavy atom. The first-order valence-electron chi connectivity index (χ1n) is 4.56. The van der Waals surface area contributed by atoms with Crippen LogP contribution in [0.15, 0.2) is 39.5 Å². The molecule has 0 aliphatic heterocycles. The molecule has 0 aliphatic carbocycles. The molecule has 3 nitrogen and oxygen atoms in total. The zero-order chi connectivity index (χ0) is 11.7. The fourth-order valence-corrected chi connectivity index (χ4v) is 2.69. The largest absolute Gasteiger partial charge is 0.331 e. The van der Waals surface area contributed by atoms with Crippen molar-refractivity contribution in [2.45, 2.75) is 0 Å². The summed E-state index contributed by atoms with van der Waals surface area (Å²) in [5, 5.41) is 0. The van der Waals surface area contributed by atoms with Crippen molar-refractivity contribution in [2.75, 3.05) is 0 Å². The van der Waals surface area contributed by atoms with Crippen molar-refractivity contribution in [2.24, 2.45) is 7.05 Å². The standard InChI is InChI=1S/C11H8Br2N2O/c1-15-3-2-14-11(15)10(16)7-4-8(12)6-9(13)5-7/h2-6H,1H3. The first-order chi connectivity index (χ1) is 7.58. The lowest BCUT2D eigenvalue weighted by Gasteiger charge is -2.03. The number of carbonyl (C=O) groups is 1. The highest BCUT2D eigenvalue weighted by Crippen LogP contribution is 2.21. The van der Waals surface area contributed by atoms with Gasteiger partial charge in [-0.15, -0.1) is 0 Å². The molecule has 0 amide bonds. The molecule has 0 unspecified atom stereocenters. The van der Waals surface area contributed by atoms with Crippen LogP contribution in [-0.4, -0.2) is 15.3 Å². The third-order valence-corrected chi connectivity index (χ3v) is 3.06. The lowest BCUT2D eigenvalue weighted by molar-refractivity contribution is 0.102. The number of aromatic nitrogens is 2. The number of ketones is 1. The first kappa shape index (κ1) is 11.5. The second-order valence-corrected chi connectivity index (χ2v) is 5.18. The molecule has 0 N–H and O–H groups in total. The molecule has 0 saturated carbocycles. The predicted octanol–water partition coefficient (Wildman–Crippen LogP) is 3.18. The molecule has 0 aliphatic rings. The summed E-state index contributed by atoms with van der Waals surface area (Å²) >= 11 is 6.71. The van der Waals surface area contributed by atoms with Crippen LogP contribution in [0, 0.1) is 0 Å². The van der Waals surface area contributed by atoms with Crippen LogP contribution in [0.5, 0.6) is 0 Å². The maximum atomic E-state index is 12.1. The summed E-state index contributed by atoms with van der Waals surface area (Å²) in [5.41, 5.74) is 0.607. The summed E-state index contributed by atoms with van der Waals surface area (Å²) in [5.74, 6) is 0.347. The van der Waals surface area contributed by atoms with E-state index in [1.165, 1.54) is 0 Å². The van der Waals surface area contributed by atoms with Crippen molar-refractivity contribution in [1.82, 2.24) is 9.55 Å². The van der Waals surface area contributed by atoms with Gasteiger partial charge in [0, 0.05) is 34.0 Å². The van der Waals surface area contributed by atoms with Gasteiger partial charge in [0.1, 0.15) is 0 Å². The van der Waals surface area contributed by atoms with E-state index in [2.05, 4.69) is 36.8 Å². The van der Waals surface area contributed by atoms with Crippen molar-refractivity contribution >= 4 is 37.6 Å². The fourth-order valence-electron chi connectivity index (χ4n) is 1.40. The summed E-state index contributed by atoms with van der Waals surface area (Å²) in [6.45, 7) is 0. The third kappa shape index (κ3) is 2.25. The molecule has 0 spiro atoms. The molecule has 1 aromatic heterocycles. The van der Waals surface area contributed by atoms with Crippen LogP contribution < -0.4 is 0 Å². The van der Waals surface area contributed by atoms with Crippen LogP contribution in [0.3, 0.4) is 0 Å². The molecule has 0 atom stereocenters. The van der Waals surface area contributed by atoms with Gasteiger partial charge >= 0.3 is 0 Å². The fraction of sp³-hybridized carbons (Fsp3) is 0.0909. The van der Waals surface area contributed by atoms with Crippen LogP contribution in [0.4, 0.5) is 0 Å². The van der Waals surface area contributed by atoms with Crippen LogP contribution in [0.1, 0.15) is 16.2 Å². The average molecular weight is 344 g/mol. The average Bonchev–Trinajstić information content (AvgIpc) is 2.62. The molecule has 0 bridgehead atoms. The Bertz CT molecular complexity index is 528. The molecular weight excluding hydrogens is 336 g/mol. The number of hydrogen-bond acceptors (Lipinski definition) is 2. The SMILES string of the molecule is Cn1ccnc1C(=O)c1cc(Br)cc(Br)c1. The van der Waals surface area contributed by atoms with E-state index in [1.54, 1.807) is 36.1 Å². The van der Waals surface area contributed by atoms with Gasteiger partial charge in [-0.2, -0.15) is 0 Å². The normalized spacial score (nSPS) is 10.4.